The topological polar surface area (TPSA) is 45.0 Å². The van der Waals surface area contributed by atoms with E-state index in [9.17, 15) is 0 Å². The van der Waals surface area contributed by atoms with E-state index < -0.39 is 0 Å². The summed E-state index contributed by atoms with van der Waals surface area (Å²) in [6.45, 7) is 1.64. The van der Waals surface area contributed by atoms with Crippen molar-refractivity contribution in [3.63, 3.8) is 0 Å². The molecule has 1 aliphatic rings. The fourth-order valence-electron chi connectivity index (χ4n) is 1.61. The molecule has 1 rings (SSSR count). The highest BCUT2D eigenvalue weighted by molar-refractivity contribution is 5.08. The van der Waals surface area contributed by atoms with Crippen LogP contribution in [0.5, 0.6) is 0 Å². The van der Waals surface area contributed by atoms with E-state index in [0.29, 0.717) is 6.61 Å². The van der Waals surface area contributed by atoms with Crippen LogP contribution in [0.4, 0.5) is 0 Å². The molecule has 1 saturated heterocycles. The Hall–Kier alpha value is -0.590. The highest BCUT2D eigenvalue weighted by Crippen LogP contribution is 2.21. The third kappa shape index (κ3) is 2.20. The standard InChI is InChI=1S/C9H16N2O/c1-12-7-5-9(8-10)4-2-3-6-11-9/h11H,2-7H2,1H3. The normalized spacial score (nSPS) is 29.7. The number of rotatable bonds is 3. The minimum absolute atomic E-state index is 0.297. The zero-order chi connectivity index (χ0) is 8.86. The van der Waals surface area contributed by atoms with Crippen LogP contribution in [0.1, 0.15) is 25.7 Å². The van der Waals surface area contributed by atoms with Crippen molar-refractivity contribution in [1.29, 1.82) is 5.26 Å². The van der Waals surface area contributed by atoms with E-state index in [0.717, 1.165) is 25.8 Å². The highest BCUT2D eigenvalue weighted by atomic mass is 16.5. The molecule has 1 heterocycles. The summed E-state index contributed by atoms with van der Waals surface area (Å²) in [6.07, 6.45) is 4.12. The SMILES string of the molecule is COCCC1(C#N)CCCCN1. The molecule has 0 amide bonds. The van der Waals surface area contributed by atoms with Crippen LogP contribution in [-0.4, -0.2) is 25.8 Å². The van der Waals surface area contributed by atoms with Gasteiger partial charge in [0.1, 0.15) is 5.54 Å². The molecule has 1 N–H and O–H groups in total. The number of nitriles is 1. The van der Waals surface area contributed by atoms with Gasteiger partial charge in [-0.05, 0) is 25.8 Å². The van der Waals surface area contributed by atoms with Crippen molar-refractivity contribution < 1.29 is 4.74 Å². The van der Waals surface area contributed by atoms with Crippen LogP contribution in [0.15, 0.2) is 0 Å². The molecule has 0 aromatic carbocycles. The fourth-order valence-corrected chi connectivity index (χ4v) is 1.61. The van der Waals surface area contributed by atoms with E-state index in [1.54, 1.807) is 7.11 Å². The molecule has 0 aromatic rings. The summed E-state index contributed by atoms with van der Waals surface area (Å²) in [6, 6.07) is 2.36. The first-order chi connectivity index (χ1) is 5.83. The maximum atomic E-state index is 9.00. The van der Waals surface area contributed by atoms with Gasteiger partial charge in [-0.2, -0.15) is 5.26 Å². The molecule has 0 spiro atoms. The van der Waals surface area contributed by atoms with Crippen LogP contribution in [0.25, 0.3) is 0 Å². The molecule has 1 atom stereocenters. The second-order valence-electron chi connectivity index (χ2n) is 3.32. The summed E-state index contributed by atoms with van der Waals surface area (Å²) in [5, 5.41) is 12.3. The van der Waals surface area contributed by atoms with E-state index in [4.69, 9.17) is 10.00 Å². The van der Waals surface area contributed by atoms with Crippen molar-refractivity contribution in [2.24, 2.45) is 0 Å². The minimum atomic E-state index is -0.297. The molecule has 0 aromatic heterocycles. The van der Waals surface area contributed by atoms with Crippen molar-refractivity contribution in [1.82, 2.24) is 5.32 Å². The van der Waals surface area contributed by atoms with Crippen LogP contribution in [0.2, 0.25) is 0 Å². The van der Waals surface area contributed by atoms with Crippen LogP contribution in [0, 0.1) is 11.3 Å². The molecule has 68 valence electrons. The Kier molecular flexibility index (Phi) is 3.51. The van der Waals surface area contributed by atoms with Crippen molar-refractivity contribution in [2.75, 3.05) is 20.3 Å². The lowest BCUT2D eigenvalue weighted by Crippen LogP contribution is -2.48. The summed E-state index contributed by atoms with van der Waals surface area (Å²) < 4.78 is 4.98. The Balaban J connectivity index is 2.44. The van der Waals surface area contributed by atoms with Gasteiger partial charge in [-0.15, -0.1) is 0 Å². The number of nitrogens with zero attached hydrogens (tertiary/aromatic N) is 1. The van der Waals surface area contributed by atoms with Gasteiger partial charge in [-0.1, -0.05) is 0 Å². The summed E-state index contributed by atoms with van der Waals surface area (Å²) in [4.78, 5) is 0. The van der Waals surface area contributed by atoms with Gasteiger partial charge in [-0.3, -0.25) is 5.32 Å². The highest BCUT2D eigenvalue weighted by Gasteiger charge is 2.30. The Morgan fingerprint density at radius 3 is 2.92 bits per heavy atom. The Bertz CT molecular complexity index is 168. The third-order valence-electron chi connectivity index (χ3n) is 2.44. The predicted molar refractivity (Wildman–Crippen MR) is 46.7 cm³/mol. The number of ether oxygens (including phenoxy) is 1. The molecule has 1 fully saturated rings. The molecule has 0 aliphatic carbocycles. The largest absolute Gasteiger partial charge is 0.385 e. The first kappa shape index (κ1) is 9.50. The summed E-state index contributed by atoms with van der Waals surface area (Å²) in [7, 11) is 1.67. The Morgan fingerprint density at radius 1 is 1.58 bits per heavy atom. The molecule has 1 unspecified atom stereocenters. The molecule has 3 nitrogen and oxygen atoms in total. The van der Waals surface area contributed by atoms with Crippen LogP contribution < -0.4 is 5.32 Å². The second kappa shape index (κ2) is 4.44. The Morgan fingerprint density at radius 2 is 2.42 bits per heavy atom. The monoisotopic (exact) mass is 168 g/mol. The molecular formula is C9H16N2O. The fraction of sp³-hybridized carbons (Fsp3) is 0.889. The van der Waals surface area contributed by atoms with Crippen molar-refractivity contribution in [3.05, 3.63) is 0 Å². The summed E-state index contributed by atoms with van der Waals surface area (Å²) in [5.41, 5.74) is -0.297. The first-order valence-corrected chi connectivity index (χ1v) is 4.48. The van der Waals surface area contributed by atoms with Gasteiger partial charge in [0.15, 0.2) is 0 Å². The number of piperidine rings is 1. The van der Waals surface area contributed by atoms with Crippen molar-refractivity contribution in [3.8, 4) is 6.07 Å². The molecular weight excluding hydrogens is 152 g/mol. The van der Waals surface area contributed by atoms with Gasteiger partial charge >= 0.3 is 0 Å². The average Bonchev–Trinajstić information content (AvgIpc) is 2.16. The van der Waals surface area contributed by atoms with Gasteiger partial charge < -0.3 is 4.74 Å². The maximum absolute atomic E-state index is 9.00. The van der Waals surface area contributed by atoms with Crippen LogP contribution in [-0.2, 0) is 4.74 Å². The molecule has 12 heavy (non-hydrogen) atoms. The van der Waals surface area contributed by atoms with Crippen molar-refractivity contribution >= 4 is 0 Å². The van der Waals surface area contributed by atoms with E-state index in [2.05, 4.69) is 11.4 Å². The summed E-state index contributed by atoms with van der Waals surface area (Å²) in [5.74, 6) is 0. The van der Waals surface area contributed by atoms with E-state index >= 15 is 0 Å². The molecule has 0 radical (unpaired) electrons. The van der Waals surface area contributed by atoms with Gasteiger partial charge in [0.05, 0.1) is 6.07 Å². The third-order valence-corrected chi connectivity index (χ3v) is 2.44. The summed E-state index contributed by atoms with van der Waals surface area (Å²) >= 11 is 0. The van der Waals surface area contributed by atoms with Crippen molar-refractivity contribution in [2.45, 2.75) is 31.2 Å². The number of methoxy groups -OCH3 is 1. The molecule has 1 aliphatic heterocycles. The van der Waals surface area contributed by atoms with Gasteiger partial charge in [0.25, 0.3) is 0 Å². The zero-order valence-corrected chi connectivity index (χ0v) is 7.60. The van der Waals surface area contributed by atoms with Crippen LogP contribution in [0.3, 0.4) is 0 Å². The number of hydrogen-bond donors (Lipinski definition) is 1. The molecule has 0 saturated carbocycles. The number of hydrogen-bond acceptors (Lipinski definition) is 3. The van der Waals surface area contributed by atoms with Gasteiger partial charge in [-0.25, -0.2) is 0 Å². The van der Waals surface area contributed by atoms with Crippen LogP contribution >= 0.6 is 0 Å². The molecule has 3 heteroatoms. The predicted octanol–water partition coefficient (Wildman–Crippen LogP) is 1.06. The zero-order valence-electron chi connectivity index (χ0n) is 7.60. The average molecular weight is 168 g/mol. The second-order valence-corrected chi connectivity index (χ2v) is 3.32. The maximum Gasteiger partial charge on any atom is 0.108 e. The lowest BCUT2D eigenvalue weighted by atomic mass is 9.87. The van der Waals surface area contributed by atoms with Gasteiger partial charge in [0.2, 0.25) is 0 Å². The minimum Gasteiger partial charge on any atom is -0.385 e. The number of nitrogens with one attached hydrogen (secondary N) is 1. The smallest absolute Gasteiger partial charge is 0.108 e. The lowest BCUT2D eigenvalue weighted by molar-refractivity contribution is 0.159. The lowest BCUT2D eigenvalue weighted by Gasteiger charge is -2.31. The van der Waals surface area contributed by atoms with E-state index in [-0.39, 0.29) is 5.54 Å². The van der Waals surface area contributed by atoms with Gasteiger partial charge in [0, 0.05) is 20.1 Å². The molecule has 0 bridgehead atoms. The van der Waals surface area contributed by atoms with E-state index in [1.165, 1.54) is 6.42 Å². The first-order valence-electron chi connectivity index (χ1n) is 4.48. The quantitative estimate of drug-likeness (QED) is 0.685. The Labute approximate surface area is 73.7 Å². The van der Waals surface area contributed by atoms with E-state index in [1.807, 2.05) is 0 Å².